The van der Waals surface area contributed by atoms with Crippen LogP contribution < -0.4 is 11.4 Å². The molecule has 0 radical (unpaired) electrons. The number of rotatable bonds is 2. The van der Waals surface area contributed by atoms with Gasteiger partial charge in [0.05, 0.1) is 18.9 Å². The van der Waals surface area contributed by atoms with Crippen LogP contribution in [0.2, 0.25) is 0 Å². The van der Waals surface area contributed by atoms with Crippen molar-refractivity contribution >= 4 is 18.4 Å². The highest BCUT2D eigenvalue weighted by molar-refractivity contribution is 7.81. The van der Waals surface area contributed by atoms with E-state index in [0.29, 0.717) is 6.42 Å². The normalized spacial score (nSPS) is 28.5. The lowest BCUT2D eigenvalue weighted by Crippen LogP contribution is -2.29. The largest absolute Gasteiger partial charge is 0.394 e. The van der Waals surface area contributed by atoms with Gasteiger partial charge in [0, 0.05) is 11.7 Å². The SMILES string of the molecule is Nc1nc(=O)n([C@H]2CC(S)[C@@H](CO)O2)cc1F. The zero-order valence-corrected chi connectivity index (χ0v) is 9.68. The van der Waals surface area contributed by atoms with Gasteiger partial charge in [0.25, 0.3) is 0 Å². The molecule has 0 aromatic carbocycles. The molecule has 94 valence electrons. The van der Waals surface area contributed by atoms with E-state index >= 15 is 0 Å². The van der Waals surface area contributed by atoms with Gasteiger partial charge in [0.1, 0.15) is 6.23 Å². The predicted octanol–water partition coefficient (Wildman–Crippen LogP) is -0.457. The first kappa shape index (κ1) is 12.3. The summed E-state index contributed by atoms with van der Waals surface area (Å²) in [5, 5.41) is 8.79. The van der Waals surface area contributed by atoms with Crippen molar-refractivity contribution in [3.8, 4) is 0 Å². The van der Waals surface area contributed by atoms with E-state index in [-0.39, 0.29) is 11.9 Å². The number of ether oxygens (including phenoxy) is 1. The lowest BCUT2D eigenvalue weighted by Gasteiger charge is -2.14. The maximum atomic E-state index is 13.2. The molecule has 8 heteroatoms. The Balaban J connectivity index is 2.30. The summed E-state index contributed by atoms with van der Waals surface area (Å²) in [5.74, 6) is -1.22. The third-order valence-electron chi connectivity index (χ3n) is 2.63. The summed E-state index contributed by atoms with van der Waals surface area (Å²) in [6.45, 7) is -0.204. The van der Waals surface area contributed by atoms with E-state index in [1.165, 1.54) is 0 Å². The van der Waals surface area contributed by atoms with E-state index in [1.807, 2.05) is 0 Å². The molecule has 1 aromatic rings. The van der Waals surface area contributed by atoms with Crippen LogP contribution in [0.4, 0.5) is 10.2 Å². The van der Waals surface area contributed by atoms with Crippen molar-refractivity contribution in [1.82, 2.24) is 9.55 Å². The minimum absolute atomic E-state index is 0.204. The highest BCUT2D eigenvalue weighted by Gasteiger charge is 2.34. The van der Waals surface area contributed by atoms with Crippen LogP contribution in [0, 0.1) is 5.82 Å². The van der Waals surface area contributed by atoms with Gasteiger partial charge in [-0.25, -0.2) is 9.18 Å². The van der Waals surface area contributed by atoms with Crippen LogP contribution >= 0.6 is 12.6 Å². The van der Waals surface area contributed by atoms with Gasteiger partial charge >= 0.3 is 5.69 Å². The number of hydrogen-bond donors (Lipinski definition) is 3. The van der Waals surface area contributed by atoms with Gasteiger partial charge in [0.2, 0.25) is 0 Å². The van der Waals surface area contributed by atoms with Gasteiger partial charge in [-0.05, 0) is 0 Å². The first-order valence-corrected chi connectivity index (χ1v) is 5.53. The van der Waals surface area contributed by atoms with E-state index in [9.17, 15) is 9.18 Å². The highest BCUT2D eigenvalue weighted by atomic mass is 32.1. The molecule has 1 unspecified atom stereocenters. The van der Waals surface area contributed by atoms with Crippen LogP contribution in [0.15, 0.2) is 11.0 Å². The van der Waals surface area contributed by atoms with Gasteiger partial charge in [-0.15, -0.1) is 0 Å². The molecule has 2 heterocycles. The average Bonchev–Trinajstić information content (AvgIpc) is 2.65. The lowest BCUT2D eigenvalue weighted by molar-refractivity contribution is -0.0240. The third kappa shape index (κ3) is 2.28. The third-order valence-corrected chi connectivity index (χ3v) is 3.17. The second kappa shape index (κ2) is 4.63. The Morgan fingerprint density at radius 3 is 3.06 bits per heavy atom. The first-order chi connectivity index (χ1) is 8.02. The number of halogens is 1. The molecule has 1 fully saturated rings. The van der Waals surface area contributed by atoms with E-state index in [4.69, 9.17) is 15.6 Å². The van der Waals surface area contributed by atoms with Crippen molar-refractivity contribution in [3.05, 3.63) is 22.5 Å². The first-order valence-electron chi connectivity index (χ1n) is 5.01. The molecule has 3 atom stereocenters. The van der Waals surface area contributed by atoms with Crippen molar-refractivity contribution in [2.75, 3.05) is 12.3 Å². The number of nitrogen functional groups attached to an aromatic ring is 1. The van der Waals surface area contributed by atoms with E-state index in [1.54, 1.807) is 0 Å². The van der Waals surface area contributed by atoms with Crippen molar-refractivity contribution in [2.45, 2.75) is 24.0 Å². The zero-order chi connectivity index (χ0) is 12.6. The molecule has 17 heavy (non-hydrogen) atoms. The Bertz CT molecular complexity index is 481. The molecule has 2 rings (SSSR count). The topological polar surface area (TPSA) is 90.4 Å². The standard InChI is InChI=1S/C9H12FN3O3S/c10-4-2-13(9(15)12-8(4)11)7-1-6(17)5(3-14)16-7/h2,5-7,14,17H,1,3H2,(H2,11,12,15)/t5-,6?,7-/m1/s1. The van der Waals surface area contributed by atoms with Crippen LogP contribution in [-0.4, -0.2) is 32.6 Å². The molecule has 0 saturated carbocycles. The molecule has 1 aromatic heterocycles. The van der Waals surface area contributed by atoms with Gasteiger partial charge in [-0.3, -0.25) is 4.57 Å². The summed E-state index contributed by atoms with van der Waals surface area (Å²) in [6, 6.07) is 0. The fraction of sp³-hybridized carbons (Fsp3) is 0.556. The summed E-state index contributed by atoms with van der Waals surface area (Å²) in [5.41, 5.74) is 4.49. The van der Waals surface area contributed by atoms with E-state index < -0.39 is 29.7 Å². The molecule has 0 bridgehead atoms. The van der Waals surface area contributed by atoms with Gasteiger partial charge in [-0.1, -0.05) is 0 Å². The molecule has 1 saturated heterocycles. The van der Waals surface area contributed by atoms with Crippen molar-refractivity contribution < 1.29 is 14.2 Å². The van der Waals surface area contributed by atoms with Crippen LogP contribution in [0.1, 0.15) is 12.6 Å². The molecule has 1 aliphatic heterocycles. The van der Waals surface area contributed by atoms with Gasteiger partial charge < -0.3 is 15.6 Å². The number of aromatic nitrogens is 2. The monoisotopic (exact) mass is 261 g/mol. The summed E-state index contributed by atoms with van der Waals surface area (Å²) < 4.78 is 19.6. The molecule has 6 nitrogen and oxygen atoms in total. The predicted molar refractivity (Wildman–Crippen MR) is 61.3 cm³/mol. The molecular formula is C9H12FN3O3S. The maximum absolute atomic E-state index is 13.2. The Morgan fingerprint density at radius 1 is 1.76 bits per heavy atom. The van der Waals surface area contributed by atoms with Crippen LogP contribution in [0.5, 0.6) is 0 Å². The molecule has 0 spiro atoms. The number of anilines is 1. The molecule has 0 amide bonds. The second-order valence-corrected chi connectivity index (χ2v) is 4.44. The second-order valence-electron chi connectivity index (χ2n) is 3.78. The van der Waals surface area contributed by atoms with Crippen molar-refractivity contribution in [2.24, 2.45) is 0 Å². The maximum Gasteiger partial charge on any atom is 0.351 e. The molecule has 1 aliphatic rings. The molecular weight excluding hydrogens is 249 g/mol. The number of aliphatic hydroxyl groups excluding tert-OH is 1. The number of nitrogens with two attached hydrogens (primary N) is 1. The number of hydrogen-bond acceptors (Lipinski definition) is 6. The van der Waals surface area contributed by atoms with Crippen LogP contribution in [0.25, 0.3) is 0 Å². The summed E-state index contributed by atoms with van der Waals surface area (Å²) in [6.07, 6.45) is 0.190. The average molecular weight is 261 g/mol. The summed E-state index contributed by atoms with van der Waals surface area (Å²) >= 11 is 4.22. The Hall–Kier alpha value is -1.12. The number of nitrogens with zero attached hydrogens (tertiary/aromatic N) is 2. The Kier molecular flexibility index (Phi) is 3.36. The van der Waals surface area contributed by atoms with Crippen LogP contribution in [-0.2, 0) is 4.74 Å². The van der Waals surface area contributed by atoms with Gasteiger partial charge in [-0.2, -0.15) is 17.6 Å². The fourth-order valence-corrected chi connectivity index (χ4v) is 2.06. The highest BCUT2D eigenvalue weighted by Crippen LogP contribution is 2.30. The van der Waals surface area contributed by atoms with E-state index in [0.717, 1.165) is 10.8 Å². The Morgan fingerprint density at radius 2 is 2.47 bits per heavy atom. The zero-order valence-electron chi connectivity index (χ0n) is 8.78. The van der Waals surface area contributed by atoms with Crippen molar-refractivity contribution in [1.29, 1.82) is 0 Å². The quantitative estimate of drug-likeness (QED) is 0.627. The number of thiol groups is 1. The summed E-state index contributed by atoms with van der Waals surface area (Å²) in [7, 11) is 0. The molecule has 3 N–H and O–H groups in total. The van der Waals surface area contributed by atoms with E-state index in [2.05, 4.69) is 17.6 Å². The minimum atomic E-state index is -0.781. The smallest absolute Gasteiger partial charge is 0.351 e. The molecule has 0 aliphatic carbocycles. The van der Waals surface area contributed by atoms with Gasteiger partial charge in [0.15, 0.2) is 11.6 Å². The van der Waals surface area contributed by atoms with Crippen molar-refractivity contribution in [3.63, 3.8) is 0 Å². The lowest BCUT2D eigenvalue weighted by atomic mass is 10.2. The Labute approximate surface area is 102 Å². The minimum Gasteiger partial charge on any atom is -0.394 e. The fourth-order valence-electron chi connectivity index (χ4n) is 1.71. The summed E-state index contributed by atoms with van der Waals surface area (Å²) in [4.78, 5) is 14.9. The number of aliphatic hydroxyl groups is 1. The van der Waals surface area contributed by atoms with Crippen LogP contribution in [0.3, 0.4) is 0 Å².